The Morgan fingerprint density at radius 2 is 2.20 bits per heavy atom. The van der Waals surface area contributed by atoms with Crippen LogP contribution in [0, 0.1) is 22.9 Å². The molecule has 0 aliphatic heterocycles. The Kier molecular flexibility index (Phi) is 3.52. The molecule has 0 saturated carbocycles. The number of halogens is 2. The molecule has 0 aromatic heterocycles. The van der Waals surface area contributed by atoms with Crippen LogP contribution in [-0.4, -0.2) is 16.0 Å². The van der Waals surface area contributed by atoms with Crippen molar-refractivity contribution in [1.82, 2.24) is 0 Å². The molecule has 0 fully saturated rings. The SMILES string of the molecule is Cc1c([N+](=O)[O-])ccc(C(=O)CBr)c1F. The molecule has 80 valence electrons. The third kappa shape index (κ3) is 2.20. The summed E-state index contributed by atoms with van der Waals surface area (Å²) in [5.41, 5.74) is -0.569. The van der Waals surface area contributed by atoms with E-state index in [2.05, 4.69) is 15.9 Å². The molecule has 0 N–H and O–H groups in total. The molecule has 1 rings (SSSR count). The molecule has 0 unspecified atom stereocenters. The van der Waals surface area contributed by atoms with E-state index in [4.69, 9.17) is 0 Å². The van der Waals surface area contributed by atoms with Gasteiger partial charge in [0.1, 0.15) is 5.82 Å². The zero-order valence-electron chi connectivity index (χ0n) is 7.79. The van der Waals surface area contributed by atoms with Crippen LogP contribution in [0.3, 0.4) is 0 Å². The van der Waals surface area contributed by atoms with Gasteiger partial charge in [0.25, 0.3) is 5.69 Å². The highest BCUT2D eigenvalue weighted by Crippen LogP contribution is 2.23. The minimum absolute atomic E-state index is 0.0127. The minimum Gasteiger partial charge on any atom is -0.293 e. The Morgan fingerprint density at radius 1 is 1.60 bits per heavy atom. The molecule has 15 heavy (non-hydrogen) atoms. The van der Waals surface area contributed by atoms with Gasteiger partial charge in [-0.1, -0.05) is 15.9 Å². The highest BCUT2D eigenvalue weighted by molar-refractivity contribution is 9.09. The number of carbonyl (C=O) groups excluding carboxylic acids is 1. The summed E-state index contributed by atoms with van der Waals surface area (Å²) < 4.78 is 13.5. The molecule has 0 atom stereocenters. The first-order chi connectivity index (χ1) is 6.99. The van der Waals surface area contributed by atoms with Crippen LogP contribution in [0.5, 0.6) is 0 Å². The van der Waals surface area contributed by atoms with E-state index in [0.29, 0.717) is 0 Å². The van der Waals surface area contributed by atoms with E-state index < -0.39 is 16.5 Å². The largest absolute Gasteiger partial charge is 0.293 e. The van der Waals surface area contributed by atoms with Crippen molar-refractivity contribution in [1.29, 1.82) is 0 Å². The number of nitro benzene ring substituents is 1. The first-order valence-corrected chi connectivity index (χ1v) is 5.13. The van der Waals surface area contributed by atoms with Crippen molar-refractivity contribution in [3.63, 3.8) is 0 Å². The van der Waals surface area contributed by atoms with Crippen LogP contribution >= 0.6 is 15.9 Å². The van der Waals surface area contributed by atoms with Crippen molar-refractivity contribution in [3.8, 4) is 0 Å². The van der Waals surface area contributed by atoms with Crippen molar-refractivity contribution in [2.24, 2.45) is 0 Å². The second-order valence-electron chi connectivity index (χ2n) is 2.89. The van der Waals surface area contributed by atoms with E-state index >= 15 is 0 Å². The molecule has 0 bridgehead atoms. The number of Topliss-reactive ketones (excluding diaryl/α,β-unsaturated/α-hetero) is 1. The maximum atomic E-state index is 13.5. The molecule has 0 amide bonds. The van der Waals surface area contributed by atoms with Gasteiger partial charge in [0.15, 0.2) is 5.78 Å². The second-order valence-corrected chi connectivity index (χ2v) is 3.45. The Morgan fingerprint density at radius 3 is 2.67 bits per heavy atom. The summed E-state index contributed by atoms with van der Waals surface area (Å²) in [7, 11) is 0. The number of hydrogen-bond donors (Lipinski definition) is 0. The molecule has 0 aliphatic carbocycles. The number of ketones is 1. The third-order valence-corrected chi connectivity index (χ3v) is 2.49. The van der Waals surface area contributed by atoms with Gasteiger partial charge in [0.05, 0.1) is 21.4 Å². The van der Waals surface area contributed by atoms with Crippen molar-refractivity contribution in [2.45, 2.75) is 6.92 Å². The van der Waals surface area contributed by atoms with Crippen LogP contribution in [0.2, 0.25) is 0 Å². The van der Waals surface area contributed by atoms with Gasteiger partial charge in [-0.2, -0.15) is 0 Å². The standard InChI is InChI=1S/C9H7BrFNO3/c1-5-7(12(14)15)3-2-6(9(5)11)8(13)4-10/h2-3H,4H2,1H3. The average Bonchev–Trinajstić information content (AvgIpc) is 2.20. The molecule has 1 aromatic carbocycles. The number of hydrogen-bond acceptors (Lipinski definition) is 3. The van der Waals surface area contributed by atoms with Gasteiger partial charge in [0.2, 0.25) is 0 Å². The highest BCUT2D eigenvalue weighted by Gasteiger charge is 2.20. The Balaban J connectivity index is 3.33. The molecule has 0 radical (unpaired) electrons. The molecule has 0 heterocycles. The fourth-order valence-corrected chi connectivity index (χ4v) is 1.46. The van der Waals surface area contributed by atoms with E-state index in [9.17, 15) is 19.3 Å². The lowest BCUT2D eigenvalue weighted by molar-refractivity contribution is -0.385. The summed E-state index contributed by atoms with van der Waals surface area (Å²) in [6.45, 7) is 1.28. The summed E-state index contributed by atoms with van der Waals surface area (Å²) in [6.07, 6.45) is 0. The number of rotatable bonds is 3. The van der Waals surface area contributed by atoms with Gasteiger partial charge in [-0.05, 0) is 13.0 Å². The van der Waals surface area contributed by atoms with E-state index in [0.717, 1.165) is 12.1 Å². The Hall–Kier alpha value is -1.30. The molecule has 6 heteroatoms. The molecular formula is C9H7BrFNO3. The van der Waals surface area contributed by atoms with Gasteiger partial charge in [0, 0.05) is 6.07 Å². The maximum absolute atomic E-state index is 13.5. The average molecular weight is 276 g/mol. The molecular weight excluding hydrogens is 269 g/mol. The summed E-state index contributed by atoms with van der Waals surface area (Å²) in [6, 6.07) is 2.26. The lowest BCUT2D eigenvalue weighted by atomic mass is 10.1. The molecule has 0 spiro atoms. The maximum Gasteiger partial charge on any atom is 0.275 e. The minimum atomic E-state index is -0.825. The van der Waals surface area contributed by atoms with Crippen molar-refractivity contribution < 1.29 is 14.1 Å². The monoisotopic (exact) mass is 275 g/mol. The quantitative estimate of drug-likeness (QED) is 0.369. The second kappa shape index (κ2) is 4.48. The van der Waals surface area contributed by atoms with E-state index in [1.165, 1.54) is 6.92 Å². The number of benzene rings is 1. The third-order valence-electron chi connectivity index (χ3n) is 1.98. The summed E-state index contributed by atoms with van der Waals surface area (Å²) in [5, 5.41) is 10.5. The predicted octanol–water partition coefficient (Wildman–Crippen LogP) is 2.62. The summed E-state index contributed by atoms with van der Waals surface area (Å²) in [5.74, 6) is -1.26. The summed E-state index contributed by atoms with van der Waals surface area (Å²) >= 11 is 2.91. The van der Waals surface area contributed by atoms with Gasteiger partial charge in [-0.15, -0.1) is 0 Å². The fraction of sp³-hybridized carbons (Fsp3) is 0.222. The van der Waals surface area contributed by atoms with Gasteiger partial charge < -0.3 is 0 Å². The van der Waals surface area contributed by atoms with E-state index in [1.54, 1.807) is 0 Å². The van der Waals surface area contributed by atoms with Crippen molar-refractivity contribution in [3.05, 3.63) is 39.2 Å². The zero-order chi connectivity index (χ0) is 11.6. The molecule has 0 saturated heterocycles. The van der Waals surface area contributed by atoms with Crippen LogP contribution < -0.4 is 0 Å². The lowest BCUT2D eigenvalue weighted by Gasteiger charge is -2.03. The van der Waals surface area contributed by atoms with E-state index in [-0.39, 0.29) is 22.1 Å². The van der Waals surface area contributed by atoms with Crippen LogP contribution in [0.4, 0.5) is 10.1 Å². The Labute approximate surface area is 93.4 Å². The number of carbonyl (C=O) groups is 1. The number of nitrogens with zero attached hydrogens (tertiary/aromatic N) is 1. The van der Waals surface area contributed by atoms with Crippen LogP contribution in [-0.2, 0) is 0 Å². The molecule has 1 aromatic rings. The normalized spacial score (nSPS) is 10.1. The zero-order valence-corrected chi connectivity index (χ0v) is 9.38. The first-order valence-electron chi connectivity index (χ1n) is 4.01. The topological polar surface area (TPSA) is 60.2 Å². The van der Waals surface area contributed by atoms with Crippen molar-refractivity contribution >= 4 is 27.4 Å². The van der Waals surface area contributed by atoms with E-state index in [1.807, 2.05) is 0 Å². The van der Waals surface area contributed by atoms with Gasteiger partial charge in [-0.3, -0.25) is 14.9 Å². The summed E-state index contributed by atoms with van der Waals surface area (Å²) in [4.78, 5) is 21.0. The van der Waals surface area contributed by atoms with Gasteiger partial charge >= 0.3 is 0 Å². The fourth-order valence-electron chi connectivity index (χ4n) is 1.16. The smallest absolute Gasteiger partial charge is 0.275 e. The van der Waals surface area contributed by atoms with Crippen LogP contribution in [0.15, 0.2) is 12.1 Å². The first kappa shape index (κ1) is 11.8. The van der Waals surface area contributed by atoms with Gasteiger partial charge in [-0.25, -0.2) is 4.39 Å². The Bertz CT molecular complexity index is 434. The lowest BCUT2D eigenvalue weighted by Crippen LogP contribution is -2.06. The molecule has 4 nitrogen and oxygen atoms in total. The highest BCUT2D eigenvalue weighted by atomic mass is 79.9. The predicted molar refractivity (Wildman–Crippen MR) is 55.9 cm³/mol. The van der Waals surface area contributed by atoms with Crippen LogP contribution in [0.1, 0.15) is 15.9 Å². The van der Waals surface area contributed by atoms with Crippen molar-refractivity contribution in [2.75, 3.05) is 5.33 Å². The number of nitro groups is 1. The molecule has 0 aliphatic rings. The van der Waals surface area contributed by atoms with Crippen LogP contribution in [0.25, 0.3) is 0 Å². The number of alkyl halides is 1.